The molecule has 0 radical (unpaired) electrons. The van der Waals surface area contributed by atoms with Crippen molar-refractivity contribution in [2.24, 2.45) is 0 Å². The van der Waals surface area contributed by atoms with E-state index in [0.29, 0.717) is 0 Å². The second-order valence-corrected chi connectivity index (χ2v) is 11.8. The summed E-state index contributed by atoms with van der Waals surface area (Å²) in [5, 5.41) is 6.43. The fourth-order valence-electron chi connectivity index (χ4n) is 2.71. The Balaban J connectivity index is 0.000000560. The van der Waals surface area contributed by atoms with E-state index in [0.717, 1.165) is 31.2 Å². The highest BCUT2D eigenvalue weighted by Gasteiger charge is 2.36. The molecule has 2 aromatic rings. The molecule has 188 valence electrons. The Bertz CT molecular complexity index is 649. The predicted octanol–water partition coefficient (Wildman–Crippen LogP) is 3.42. The summed E-state index contributed by atoms with van der Waals surface area (Å²) in [6.45, 7) is 1.82. The molecule has 2 rings (SSSR count). The van der Waals surface area contributed by atoms with E-state index in [2.05, 4.69) is 34.9 Å². The summed E-state index contributed by atoms with van der Waals surface area (Å²) in [7, 11) is 7.52. The molecule has 0 aliphatic heterocycles. The van der Waals surface area contributed by atoms with E-state index in [9.17, 15) is 0 Å². The van der Waals surface area contributed by atoms with Gasteiger partial charge in [0.1, 0.15) is 0 Å². The number of hydrogen-bond donors (Lipinski definition) is 2. The van der Waals surface area contributed by atoms with E-state index in [1.165, 1.54) is 5.56 Å². The number of rotatable bonds is 13. The molecule has 2 aromatic carbocycles. The summed E-state index contributed by atoms with van der Waals surface area (Å²) in [6.07, 6.45) is 0.981. The van der Waals surface area contributed by atoms with Gasteiger partial charge in [-0.3, -0.25) is 0 Å². The number of hydrogen-bond acceptors (Lipinski definition) is 8. The zero-order chi connectivity index (χ0) is 24.8. The van der Waals surface area contributed by atoms with Crippen LogP contribution in [0.5, 0.6) is 0 Å². The lowest BCUT2D eigenvalue weighted by atomic mass is 10.2. The highest BCUT2D eigenvalue weighted by Crippen LogP contribution is 2.14. The summed E-state index contributed by atoms with van der Waals surface area (Å²) in [5.41, 5.74) is 2.46. The van der Waals surface area contributed by atoms with E-state index in [1.54, 1.807) is 42.7 Å². The molecule has 0 aliphatic carbocycles. The van der Waals surface area contributed by atoms with Crippen LogP contribution in [-0.4, -0.2) is 74.6 Å². The van der Waals surface area contributed by atoms with Gasteiger partial charge >= 0.3 is 18.3 Å². The van der Waals surface area contributed by atoms with Gasteiger partial charge in [-0.05, 0) is 30.7 Å². The minimum atomic E-state index is -2.39. The molecule has 10 heteroatoms. The first-order valence-corrected chi connectivity index (χ1v) is 14.1. The molecule has 0 atom stereocenters. The summed E-state index contributed by atoms with van der Waals surface area (Å²) in [4.78, 5) is 0. The van der Waals surface area contributed by atoms with E-state index in [4.69, 9.17) is 26.6 Å². The largest absolute Gasteiger partial charge is 0.500 e. The molecule has 33 heavy (non-hydrogen) atoms. The second-order valence-electron chi connectivity index (χ2n) is 6.67. The van der Waals surface area contributed by atoms with Gasteiger partial charge < -0.3 is 37.2 Å². The third kappa shape index (κ3) is 15.0. The van der Waals surface area contributed by atoms with Crippen LogP contribution < -0.4 is 10.6 Å². The maximum Gasteiger partial charge on any atom is 0.500 e. The summed E-state index contributed by atoms with van der Waals surface area (Å²) >= 11 is 0. The van der Waals surface area contributed by atoms with Gasteiger partial charge in [0.2, 0.25) is 0 Å². The van der Waals surface area contributed by atoms with E-state index >= 15 is 0 Å². The molecular weight excluding hydrogens is 456 g/mol. The standard InChI is InChI=1S/C13H23NO3Si.C7H9N.C3H10O3Si/c1-15-18(16-2,17-3)11-7-10-14-12-13-8-5-4-6-9-13;1-8-7-5-3-2-4-6-7;1-4-7(5-2)6-3/h4-6,8-9,14H,7,10-12H2,1-3H3;2-6,8H,1H3;7H,1-3H3. The van der Waals surface area contributed by atoms with Crippen molar-refractivity contribution >= 4 is 24.0 Å². The molecule has 0 saturated carbocycles. The van der Waals surface area contributed by atoms with Crippen molar-refractivity contribution in [3.63, 3.8) is 0 Å². The normalized spacial score (nSPS) is 10.7. The van der Waals surface area contributed by atoms with Gasteiger partial charge in [-0.15, -0.1) is 0 Å². The first kappa shape index (κ1) is 31.4. The quantitative estimate of drug-likeness (QED) is 0.321. The lowest BCUT2D eigenvalue weighted by Gasteiger charge is -2.24. The van der Waals surface area contributed by atoms with Gasteiger partial charge in [0.05, 0.1) is 0 Å². The molecule has 0 aliphatic rings. The fourth-order valence-corrected chi connectivity index (χ4v) is 5.01. The van der Waals surface area contributed by atoms with Gasteiger partial charge in [0.25, 0.3) is 0 Å². The minimum Gasteiger partial charge on any atom is -0.388 e. The third-order valence-corrected chi connectivity index (χ3v) is 8.57. The molecule has 0 heterocycles. The highest BCUT2D eigenvalue weighted by molar-refractivity contribution is 6.60. The molecule has 0 amide bonds. The summed E-state index contributed by atoms with van der Waals surface area (Å²) in [6, 6.07) is 21.3. The first-order chi connectivity index (χ1) is 16.0. The summed E-state index contributed by atoms with van der Waals surface area (Å²) in [5.74, 6) is 0. The van der Waals surface area contributed by atoms with Crippen LogP contribution in [-0.2, 0) is 33.1 Å². The van der Waals surface area contributed by atoms with E-state index < -0.39 is 18.3 Å². The van der Waals surface area contributed by atoms with Crippen LogP contribution in [0.1, 0.15) is 12.0 Å². The van der Waals surface area contributed by atoms with Crippen LogP contribution in [0.25, 0.3) is 0 Å². The van der Waals surface area contributed by atoms with Crippen molar-refractivity contribution < 1.29 is 26.6 Å². The van der Waals surface area contributed by atoms with Crippen molar-refractivity contribution in [2.75, 3.05) is 61.6 Å². The fraction of sp³-hybridized carbons (Fsp3) is 0.478. The van der Waals surface area contributed by atoms with E-state index in [-0.39, 0.29) is 0 Å². The van der Waals surface area contributed by atoms with Crippen molar-refractivity contribution in [3.05, 3.63) is 66.2 Å². The smallest absolute Gasteiger partial charge is 0.388 e. The zero-order valence-electron chi connectivity index (χ0n) is 21.1. The highest BCUT2D eigenvalue weighted by atomic mass is 28.4. The number of benzene rings is 2. The van der Waals surface area contributed by atoms with Crippen molar-refractivity contribution in [3.8, 4) is 0 Å². The SMILES string of the molecule is CNc1ccccc1.CO[SiH](OC)OC.CO[Si](CCCNCc1ccccc1)(OC)OC. The van der Waals surface area contributed by atoms with Gasteiger partial charge in [0, 0.05) is 68.0 Å². The molecule has 2 N–H and O–H groups in total. The average Bonchev–Trinajstić information content (AvgIpc) is 2.89. The number of anilines is 1. The molecule has 8 nitrogen and oxygen atoms in total. The van der Waals surface area contributed by atoms with Gasteiger partial charge in [-0.25, -0.2) is 0 Å². The lowest BCUT2D eigenvalue weighted by molar-refractivity contribution is 0.123. The Labute approximate surface area is 202 Å². The van der Waals surface area contributed by atoms with Crippen molar-refractivity contribution in [1.82, 2.24) is 5.32 Å². The molecule has 0 spiro atoms. The molecule has 0 unspecified atom stereocenters. The molecule has 0 saturated heterocycles. The average molecular weight is 499 g/mol. The lowest BCUT2D eigenvalue weighted by Crippen LogP contribution is -2.43. The first-order valence-electron chi connectivity index (χ1n) is 10.8. The Morgan fingerprint density at radius 1 is 0.727 bits per heavy atom. The number of nitrogens with one attached hydrogen (secondary N) is 2. The van der Waals surface area contributed by atoms with Crippen molar-refractivity contribution in [1.29, 1.82) is 0 Å². The second kappa shape index (κ2) is 21.0. The molecule has 0 fully saturated rings. The van der Waals surface area contributed by atoms with Crippen LogP contribution in [0.2, 0.25) is 6.04 Å². The zero-order valence-corrected chi connectivity index (χ0v) is 23.3. The maximum atomic E-state index is 5.37. The predicted molar refractivity (Wildman–Crippen MR) is 139 cm³/mol. The van der Waals surface area contributed by atoms with Gasteiger partial charge in [-0.1, -0.05) is 48.5 Å². The minimum absolute atomic E-state index is 0.832. The Morgan fingerprint density at radius 3 is 1.58 bits per heavy atom. The molecule has 0 bridgehead atoms. The van der Waals surface area contributed by atoms with Crippen LogP contribution in [0.4, 0.5) is 5.69 Å². The maximum absolute atomic E-state index is 5.37. The monoisotopic (exact) mass is 498 g/mol. The van der Waals surface area contributed by atoms with Crippen LogP contribution in [0.15, 0.2) is 60.7 Å². The van der Waals surface area contributed by atoms with E-state index in [1.807, 2.05) is 43.4 Å². The summed E-state index contributed by atoms with van der Waals surface area (Å²) < 4.78 is 30.3. The Kier molecular flexibility index (Phi) is 19.9. The van der Waals surface area contributed by atoms with Crippen LogP contribution >= 0.6 is 0 Å². The molecular formula is C23H42N2O6Si2. The Morgan fingerprint density at radius 2 is 1.21 bits per heavy atom. The third-order valence-electron chi connectivity index (χ3n) is 4.58. The van der Waals surface area contributed by atoms with Gasteiger partial charge in [0.15, 0.2) is 0 Å². The van der Waals surface area contributed by atoms with Crippen LogP contribution in [0.3, 0.4) is 0 Å². The Hall–Kier alpha value is -1.61. The van der Waals surface area contributed by atoms with Crippen molar-refractivity contribution in [2.45, 2.75) is 19.0 Å². The topological polar surface area (TPSA) is 79.4 Å². The molecule has 0 aromatic heterocycles. The number of para-hydroxylation sites is 1. The van der Waals surface area contributed by atoms with Crippen LogP contribution in [0, 0.1) is 0 Å². The van der Waals surface area contributed by atoms with Gasteiger partial charge in [-0.2, -0.15) is 0 Å².